The Bertz CT molecular complexity index is 1180. The minimum Gasteiger partial charge on any atom is -0.352 e. The van der Waals surface area contributed by atoms with Crippen LogP contribution in [0.25, 0.3) is 0 Å². The molecule has 3 aromatic rings. The average molecular weight is 493 g/mol. The van der Waals surface area contributed by atoms with Crippen molar-refractivity contribution in [3.05, 3.63) is 59.9 Å². The molecule has 2 N–H and O–H groups in total. The van der Waals surface area contributed by atoms with Crippen LogP contribution in [0.5, 0.6) is 0 Å². The molecule has 3 fully saturated rings. The topological polar surface area (TPSA) is 66.9 Å². The minimum absolute atomic E-state index is 0.0358. The zero-order chi connectivity index (χ0) is 23.9. The first kappa shape index (κ1) is 23.4. The van der Waals surface area contributed by atoms with Crippen LogP contribution in [0.15, 0.2) is 57.9 Å². The van der Waals surface area contributed by atoms with E-state index in [0.29, 0.717) is 11.3 Å². The first-order chi connectivity index (χ1) is 16.3. The number of aromatic nitrogens is 2. The number of nitrogens with one attached hydrogen (secondary N) is 2. The van der Waals surface area contributed by atoms with Gasteiger partial charge in [0.25, 0.3) is 5.91 Å². The lowest BCUT2D eigenvalue weighted by Gasteiger charge is -2.65. The molecule has 5 nitrogen and oxygen atoms in total. The van der Waals surface area contributed by atoms with E-state index in [1.165, 1.54) is 12.8 Å². The number of amides is 1. The maximum absolute atomic E-state index is 13.1. The summed E-state index contributed by atoms with van der Waals surface area (Å²) >= 11 is 3.20. The number of hydrogen-bond acceptors (Lipinski definition) is 6. The highest BCUT2D eigenvalue weighted by molar-refractivity contribution is 8.01. The van der Waals surface area contributed by atoms with E-state index in [1.54, 1.807) is 29.3 Å². The van der Waals surface area contributed by atoms with Crippen LogP contribution in [0.3, 0.4) is 0 Å². The predicted octanol–water partition coefficient (Wildman–Crippen LogP) is 6.79. The Kier molecular flexibility index (Phi) is 6.42. The Hall–Kier alpha value is -2.38. The van der Waals surface area contributed by atoms with Crippen LogP contribution in [-0.4, -0.2) is 22.4 Å². The number of carbonyl (C=O) groups excluding carboxylic acids is 1. The van der Waals surface area contributed by atoms with Gasteiger partial charge in [0, 0.05) is 23.2 Å². The third-order valence-electron chi connectivity index (χ3n) is 7.95. The Labute approximate surface area is 210 Å². The lowest BCUT2D eigenvalue weighted by molar-refractivity contribution is -0.160. The normalized spacial score (nSPS) is 24.8. The second-order valence-electron chi connectivity index (χ2n) is 10.3. The van der Waals surface area contributed by atoms with Gasteiger partial charge in [-0.1, -0.05) is 56.0 Å². The summed E-state index contributed by atoms with van der Waals surface area (Å²) in [5.74, 6) is 3.74. The second-order valence-corrected chi connectivity index (χ2v) is 12.7. The molecule has 0 unspecified atom stereocenters. The van der Waals surface area contributed by atoms with Gasteiger partial charge in [-0.25, -0.2) is 9.97 Å². The van der Waals surface area contributed by atoms with Crippen molar-refractivity contribution in [3.63, 3.8) is 0 Å². The van der Waals surface area contributed by atoms with Gasteiger partial charge in [-0.15, -0.1) is 0 Å². The number of hydrogen-bond donors (Lipinski definition) is 2. The molecule has 3 aliphatic rings. The van der Waals surface area contributed by atoms with Crippen molar-refractivity contribution in [1.29, 1.82) is 0 Å². The summed E-state index contributed by atoms with van der Waals surface area (Å²) in [4.78, 5) is 22.9. The van der Waals surface area contributed by atoms with Crippen LogP contribution in [-0.2, 0) is 0 Å². The second kappa shape index (κ2) is 9.34. The summed E-state index contributed by atoms with van der Waals surface area (Å²) in [6.45, 7) is 10.0. The molecule has 6 rings (SSSR count). The van der Waals surface area contributed by atoms with E-state index >= 15 is 0 Å². The Morgan fingerprint density at radius 1 is 1.21 bits per heavy atom. The standard InChI is InChI=1S/C27H32N4OS2/c1-16-8-10-19(33-23-15-30-26(34-23)31-22-7-5-6-12-28-22)13-20(16)25(32)29-14-18-9-11-21-17(2)24(18)27(21,3)4/h5-8,10,12-13,15,17-18,21,24H,9,11,14H2,1-4H3,(H,29,32)(H,28,30,31)/t17-,18-,21-,24-/m0/s1. The molecule has 0 spiro atoms. The molecule has 34 heavy (non-hydrogen) atoms. The molecule has 2 heterocycles. The van der Waals surface area contributed by atoms with Gasteiger partial charge in [-0.3, -0.25) is 4.79 Å². The number of aryl methyl sites for hydroxylation is 1. The van der Waals surface area contributed by atoms with Crippen LogP contribution >= 0.6 is 23.1 Å². The van der Waals surface area contributed by atoms with Crippen LogP contribution in [0, 0.1) is 36.0 Å². The van der Waals surface area contributed by atoms with E-state index in [-0.39, 0.29) is 5.91 Å². The molecule has 178 valence electrons. The lowest BCUT2D eigenvalue weighted by Crippen LogP contribution is -2.60. The molecule has 2 bridgehead atoms. The molecule has 1 aromatic carbocycles. The van der Waals surface area contributed by atoms with Crippen molar-refractivity contribution in [3.8, 4) is 0 Å². The highest BCUT2D eigenvalue weighted by Gasteiger charge is 2.58. The molecule has 0 radical (unpaired) electrons. The number of carbonyl (C=O) groups is 1. The number of anilines is 2. The summed E-state index contributed by atoms with van der Waals surface area (Å²) < 4.78 is 1.06. The number of benzene rings is 1. The van der Waals surface area contributed by atoms with Gasteiger partial charge in [0.2, 0.25) is 0 Å². The smallest absolute Gasteiger partial charge is 0.251 e. The Morgan fingerprint density at radius 3 is 2.79 bits per heavy atom. The fourth-order valence-corrected chi connectivity index (χ4v) is 8.36. The van der Waals surface area contributed by atoms with E-state index in [2.05, 4.69) is 47.4 Å². The summed E-state index contributed by atoms with van der Waals surface area (Å²) in [6, 6.07) is 11.9. The van der Waals surface area contributed by atoms with Gasteiger partial charge < -0.3 is 10.6 Å². The van der Waals surface area contributed by atoms with Crippen molar-refractivity contribution >= 4 is 40.0 Å². The molecule has 4 atom stereocenters. The number of nitrogens with zero attached hydrogens (tertiary/aromatic N) is 2. The maximum Gasteiger partial charge on any atom is 0.251 e. The Morgan fingerprint density at radius 2 is 2.06 bits per heavy atom. The maximum atomic E-state index is 13.1. The first-order valence-electron chi connectivity index (χ1n) is 12.0. The first-order valence-corrected chi connectivity index (χ1v) is 13.7. The van der Waals surface area contributed by atoms with Gasteiger partial charge in [-0.05, 0) is 78.7 Å². The molecule has 0 saturated heterocycles. The molecule has 3 saturated carbocycles. The zero-order valence-corrected chi connectivity index (χ0v) is 21.8. The third kappa shape index (κ3) is 4.48. The third-order valence-corrected chi connectivity index (χ3v) is 9.96. The summed E-state index contributed by atoms with van der Waals surface area (Å²) in [7, 11) is 0. The predicted molar refractivity (Wildman–Crippen MR) is 140 cm³/mol. The number of thiazole rings is 1. The highest BCUT2D eigenvalue weighted by atomic mass is 32.2. The van der Waals surface area contributed by atoms with Gasteiger partial charge in [0.1, 0.15) is 5.82 Å². The number of rotatable bonds is 7. The van der Waals surface area contributed by atoms with Gasteiger partial charge in [0.05, 0.1) is 10.4 Å². The summed E-state index contributed by atoms with van der Waals surface area (Å²) in [6.07, 6.45) is 6.14. The van der Waals surface area contributed by atoms with Crippen molar-refractivity contribution in [2.75, 3.05) is 11.9 Å². The fourth-order valence-electron chi connectivity index (χ4n) is 6.46. The molecule has 3 aliphatic carbocycles. The quantitative estimate of drug-likeness (QED) is 0.380. The van der Waals surface area contributed by atoms with E-state index in [0.717, 1.165) is 55.5 Å². The minimum atomic E-state index is 0.0358. The van der Waals surface area contributed by atoms with Crippen LogP contribution in [0.2, 0.25) is 0 Å². The van der Waals surface area contributed by atoms with Crippen LogP contribution < -0.4 is 10.6 Å². The zero-order valence-electron chi connectivity index (χ0n) is 20.2. The molecule has 7 heteroatoms. The monoisotopic (exact) mass is 492 g/mol. The fraction of sp³-hybridized carbons (Fsp3) is 0.444. The molecule has 2 aromatic heterocycles. The van der Waals surface area contributed by atoms with Crippen molar-refractivity contribution in [1.82, 2.24) is 15.3 Å². The Balaban J connectivity index is 1.22. The average Bonchev–Trinajstić information content (AvgIpc) is 3.26. The summed E-state index contributed by atoms with van der Waals surface area (Å²) in [5, 5.41) is 7.30. The van der Waals surface area contributed by atoms with Crippen LogP contribution in [0.4, 0.5) is 10.9 Å². The molecular weight excluding hydrogens is 460 g/mol. The molecule has 1 amide bonds. The number of fused-ring (bicyclic) bond motifs is 2. The highest BCUT2D eigenvalue weighted by Crippen LogP contribution is 2.64. The lowest BCUT2D eigenvalue weighted by atomic mass is 9.40. The SMILES string of the molecule is Cc1ccc(Sc2cnc(Nc3ccccn3)s2)cc1C(=O)NC[C@@H]1CC[C@H]2[C@H](C)[C@@H]1C2(C)C. The van der Waals surface area contributed by atoms with E-state index in [4.69, 9.17) is 0 Å². The molecular formula is C27H32N4OS2. The largest absolute Gasteiger partial charge is 0.352 e. The van der Waals surface area contributed by atoms with Crippen molar-refractivity contribution < 1.29 is 4.79 Å². The van der Waals surface area contributed by atoms with E-state index in [1.807, 2.05) is 43.5 Å². The van der Waals surface area contributed by atoms with Crippen molar-refractivity contribution in [2.45, 2.75) is 49.6 Å². The van der Waals surface area contributed by atoms with Gasteiger partial charge >= 0.3 is 0 Å². The van der Waals surface area contributed by atoms with Gasteiger partial charge in [-0.2, -0.15) is 0 Å². The van der Waals surface area contributed by atoms with Crippen LogP contribution in [0.1, 0.15) is 49.5 Å². The molecule has 0 aliphatic heterocycles. The van der Waals surface area contributed by atoms with E-state index in [9.17, 15) is 4.79 Å². The van der Waals surface area contributed by atoms with Gasteiger partial charge in [0.15, 0.2) is 5.13 Å². The number of pyridine rings is 1. The van der Waals surface area contributed by atoms with E-state index < -0.39 is 0 Å². The van der Waals surface area contributed by atoms with Crippen molar-refractivity contribution in [2.24, 2.45) is 29.1 Å². The summed E-state index contributed by atoms with van der Waals surface area (Å²) in [5.41, 5.74) is 2.18.